The Morgan fingerprint density at radius 3 is 1.67 bits per heavy atom. The molecule has 6 rings (SSSR count). The van der Waals surface area contributed by atoms with Crippen molar-refractivity contribution in [2.45, 2.75) is 25.7 Å². The lowest BCUT2D eigenvalue weighted by Gasteiger charge is -2.30. The summed E-state index contributed by atoms with van der Waals surface area (Å²) in [4.78, 5) is 1.95. The Labute approximate surface area is 191 Å². The van der Waals surface area contributed by atoms with Crippen LogP contribution in [0.25, 0.3) is 21.5 Å². The van der Waals surface area contributed by atoms with E-state index in [2.05, 4.69) is 80.4 Å². The van der Waals surface area contributed by atoms with Crippen LogP contribution in [0.5, 0.6) is 0 Å². The molecule has 0 amide bonds. The lowest BCUT2D eigenvalue weighted by Crippen LogP contribution is -2.34. The summed E-state index contributed by atoms with van der Waals surface area (Å²) in [5, 5.41) is 13.7. The Morgan fingerprint density at radius 1 is 0.767 bits per heavy atom. The van der Waals surface area contributed by atoms with Crippen LogP contribution in [-0.2, 0) is 25.7 Å². The van der Waals surface area contributed by atoms with Crippen LogP contribution in [0, 0.1) is 5.41 Å². The van der Waals surface area contributed by atoms with Gasteiger partial charge in [0.1, 0.15) is 0 Å². The largest absolute Gasteiger partial charge is 0.369 e. The molecule has 0 heterocycles. The fourth-order valence-electron chi connectivity index (χ4n) is 5.41. The van der Waals surface area contributed by atoms with Gasteiger partial charge in [-0.3, -0.25) is 10.3 Å². The first-order chi connectivity index (χ1) is 14.5. The molecule has 0 spiro atoms. The third-order valence-electron chi connectivity index (χ3n) is 6.53. The predicted octanol–water partition coefficient (Wildman–Crippen LogP) is 6.75. The van der Waals surface area contributed by atoms with E-state index < -0.39 is 0 Å². The van der Waals surface area contributed by atoms with E-state index in [9.17, 15) is 0 Å². The number of aryl methyl sites for hydroxylation is 4. The smallest absolute Gasteiger partial charge is 0.197 e. The summed E-state index contributed by atoms with van der Waals surface area (Å²) in [6, 6.07) is 17.3. The lowest BCUT2D eigenvalue weighted by molar-refractivity contribution is 1.01. The number of guanidine groups is 1. The van der Waals surface area contributed by atoms with Crippen molar-refractivity contribution in [3.8, 4) is 0 Å². The molecule has 30 heavy (non-hydrogen) atoms. The van der Waals surface area contributed by atoms with Crippen molar-refractivity contribution in [3.05, 3.63) is 79.7 Å². The SMILES string of the molecule is N=C(N)N(c1c(Br)cc2cccc3c2c1CC3)c1c(Br)cc2cccc3c2c1CC3. The predicted molar refractivity (Wildman–Crippen MR) is 132 cm³/mol. The molecule has 0 radical (unpaired) electrons. The van der Waals surface area contributed by atoms with Crippen LogP contribution in [0.2, 0.25) is 0 Å². The molecule has 3 nitrogen and oxygen atoms in total. The van der Waals surface area contributed by atoms with E-state index in [1.807, 2.05) is 4.90 Å². The van der Waals surface area contributed by atoms with Crippen molar-refractivity contribution in [2.75, 3.05) is 4.90 Å². The average molecular weight is 521 g/mol. The van der Waals surface area contributed by atoms with Gasteiger partial charge in [-0.25, -0.2) is 0 Å². The number of hydrogen-bond donors (Lipinski definition) is 2. The third-order valence-corrected chi connectivity index (χ3v) is 7.74. The normalized spacial score (nSPS) is 14.1. The number of nitrogens with zero attached hydrogens (tertiary/aromatic N) is 1. The maximum absolute atomic E-state index is 8.58. The van der Waals surface area contributed by atoms with E-state index >= 15 is 0 Å². The molecule has 5 heteroatoms. The number of rotatable bonds is 2. The maximum atomic E-state index is 8.58. The van der Waals surface area contributed by atoms with Crippen molar-refractivity contribution in [1.82, 2.24) is 0 Å². The Kier molecular flexibility index (Phi) is 4.03. The van der Waals surface area contributed by atoms with Crippen LogP contribution in [-0.4, -0.2) is 5.96 Å². The van der Waals surface area contributed by atoms with Gasteiger partial charge in [0.2, 0.25) is 0 Å². The van der Waals surface area contributed by atoms with E-state index in [0.717, 1.165) is 46.0 Å². The summed E-state index contributed by atoms with van der Waals surface area (Å²) >= 11 is 7.65. The van der Waals surface area contributed by atoms with Crippen LogP contribution in [0.15, 0.2) is 57.5 Å². The van der Waals surface area contributed by atoms with Crippen molar-refractivity contribution in [3.63, 3.8) is 0 Å². The summed E-state index contributed by atoms with van der Waals surface area (Å²) in [6.07, 6.45) is 3.97. The summed E-state index contributed by atoms with van der Waals surface area (Å²) in [5.74, 6) is 0.0383. The molecule has 0 bridgehead atoms. The highest BCUT2D eigenvalue weighted by Crippen LogP contribution is 2.49. The number of nitrogens with two attached hydrogens (primary N) is 1. The van der Waals surface area contributed by atoms with Gasteiger partial charge in [0.25, 0.3) is 0 Å². The number of hydrogen-bond acceptors (Lipinski definition) is 1. The van der Waals surface area contributed by atoms with E-state index in [1.54, 1.807) is 0 Å². The minimum atomic E-state index is 0.0383. The van der Waals surface area contributed by atoms with Crippen molar-refractivity contribution < 1.29 is 0 Å². The standard InChI is InChI=1S/C25H19Br2N3/c26-19-11-15-5-1-3-13-7-9-17(21(13)15)23(19)30(25(28)29)24-18-10-8-14-4-2-6-16(22(14)18)12-20(24)27/h1-6,11-12H,7-10H2,(H3,28,29). The van der Waals surface area contributed by atoms with Crippen molar-refractivity contribution in [1.29, 1.82) is 5.41 Å². The van der Waals surface area contributed by atoms with Gasteiger partial charge in [0, 0.05) is 8.95 Å². The molecule has 4 aromatic carbocycles. The summed E-state index contributed by atoms with van der Waals surface area (Å²) in [5.41, 5.74) is 13.6. The second kappa shape index (κ2) is 6.56. The van der Waals surface area contributed by atoms with Gasteiger partial charge in [-0.15, -0.1) is 0 Å². The van der Waals surface area contributed by atoms with Gasteiger partial charge in [-0.2, -0.15) is 0 Å². The van der Waals surface area contributed by atoms with E-state index in [1.165, 1.54) is 43.8 Å². The minimum Gasteiger partial charge on any atom is -0.369 e. The van der Waals surface area contributed by atoms with Crippen molar-refractivity contribution >= 4 is 70.7 Å². The molecule has 0 saturated carbocycles. The third kappa shape index (κ3) is 2.45. The zero-order valence-corrected chi connectivity index (χ0v) is 19.4. The second-order valence-electron chi connectivity index (χ2n) is 8.12. The number of anilines is 2. The molecule has 0 atom stereocenters. The zero-order chi connectivity index (χ0) is 20.6. The van der Waals surface area contributed by atoms with Gasteiger partial charge in [-0.05, 0) is 113 Å². The quantitative estimate of drug-likeness (QED) is 0.227. The minimum absolute atomic E-state index is 0.0383. The van der Waals surface area contributed by atoms with Crippen LogP contribution in [0.1, 0.15) is 22.3 Å². The summed E-state index contributed by atoms with van der Waals surface area (Å²) in [7, 11) is 0. The topological polar surface area (TPSA) is 53.1 Å². The van der Waals surface area contributed by atoms with Gasteiger partial charge in [0.05, 0.1) is 11.4 Å². The first kappa shape index (κ1) is 18.4. The van der Waals surface area contributed by atoms with Gasteiger partial charge in [-0.1, -0.05) is 36.4 Å². The van der Waals surface area contributed by atoms with Crippen LogP contribution < -0.4 is 10.6 Å². The molecule has 0 aliphatic heterocycles. The highest BCUT2D eigenvalue weighted by atomic mass is 79.9. The first-order valence-corrected chi connectivity index (χ1v) is 11.7. The maximum Gasteiger partial charge on any atom is 0.197 e. The van der Waals surface area contributed by atoms with Crippen molar-refractivity contribution in [2.24, 2.45) is 5.73 Å². The molecule has 0 aromatic heterocycles. The number of nitrogens with one attached hydrogen (secondary N) is 1. The van der Waals surface area contributed by atoms with Crippen LogP contribution in [0.4, 0.5) is 11.4 Å². The van der Waals surface area contributed by atoms with Gasteiger partial charge < -0.3 is 5.73 Å². The Hall–Kier alpha value is -2.37. The van der Waals surface area contributed by atoms with Crippen LogP contribution in [0.3, 0.4) is 0 Å². The Morgan fingerprint density at radius 2 is 1.23 bits per heavy atom. The zero-order valence-electron chi connectivity index (χ0n) is 16.2. The number of halogens is 2. The summed E-state index contributed by atoms with van der Waals surface area (Å²) < 4.78 is 1.95. The van der Waals surface area contributed by atoms with E-state index in [-0.39, 0.29) is 5.96 Å². The highest BCUT2D eigenvalue weighted by Gasteiger charge is 2.30. The molecule has 2 aliphatic rings. The number of benzene rings is 4. The van der Waals surface area contributed by atoms with Gasteiger partial charge in [0.15, 0.2) is 5.96 Å². The molecular weight excluding hydrogens is 502 g/mol. The summed E-state index contributed by atoms with van der Waals surface area (Å²) in [6.45, 7) is 0. The molecule has 0 fully saturated rings. The molecule has 2 aliphatic carbocycles. The Bertz CT molecular complexity index is 1310. The van der Waals surface area contributed by atoms with Gasteiger partial charge >= 0.3 is 0 Å². The van der Waals surface area contributed by atoms with E-state index in [4.69, 9.17) is 11.1 Å². The second-order valence-corrected chi connectivity index (χ2v) is 9.83. The molecule has 0 saturated heterocycles. The molecular formula is C25H19Br2N3. The first-order valence-electron chi connectivity index (χ1n) is 10.1. The highest BCUT2D eigenvalue weighted by molar-refractivity contribution is 9.11. The fraction of sp³-hybridized carbons (Fsp3) is 0.160. The monoisotopic (exact) mass is 519 g/mol. The Balaban J connectivity index is 1.69. The molecule has 0 unspecified atom stereocenters. The molecule has 3 N–H and O–H groups in total. The van der Waals surface area contributed by atoms with E-state index in [0.29, 0.717) is 0 Å². The molecule has 148 valence electrons. The molecule has 4 aromatic rings. The average Bonchev–Trinajstić information content (AvgIpc) is 3.33. The van der Waals surface area contributed by atoms with Crippen LogP contribution >= 0.6 is 31.9 Å². The lowest BCUT2D eigenvalue weighted by atomic mass is 10.00. The fourth-order valence-corrected chi connectivity index (χ4v) is 6.74.